The number of benzene rings is 1. The maximum Gasteiger partial charge on any atom is 0.149 e. The third-order valence-electron chi connectivity index (χ3n) is 2.91. The van der Waals surface area contributed by atoms with Crippen molar-refractivity contribution in [3.63, 3.8) is 0 Å². The molecule has 1 aromatic heterocycles. The summed E-state index contributed by atoms with van der Waals surface area (Å²) in [6.07, 6.45) is 1.20. The zero-order valence-corrected chi connectivity index (χ0v) is 11.8. The first-order valence-corrected chi connectivity index (χ1v) is 8.00. The van der Waals surface area contributed by atoms with E-state index >= 15 is 0 Å². The van der Waals surface area contributed by atoms with Crippen LogP contribution in [0.15, 0.2) is 30.3 Å². The van der Waals surface area contributed by atoms with Gasteiger partial charge in [0.25, 0.3) is 0 Å². The molecular weight excluding hydrogens is 262 g/mol. The Balaban J connectivity index is 2.29. The first-order valence-electron chi connectivity index (χ1n) is 5.94. The topological polar surface area (TPSA) is 78.0 Å². The molecule has 19 heavy (non-hydrogen) atoms. The second-order valence-corrected chi connectivity index (χ2v) is 6.88. The minimum absolute atomic E-state index is 0.0338. The first-order chi connectivity index (χ1) is 8.87. The normalized spacial score (nSPS) is 11.7. The summed E-state index contributed by atoms with van der Waals surface area (Å²) in [7, 11) is -3.02. The third kappa shape index (κ3) is 3.35. The molecule has 2 N–H and O–H groups in total. The van der Waals surface area contributed by atoms with Gasteiger partial charge in [-0.05, 0) is 12.5 Å². The number of hydrogen-bond acceptors (Lipinski definition) is 4. The van der Waals surface area contributed by atoms with Gasteiger partial charge in [0.15, 0.2) is 0 Å². The maximum absolute atomic E-state index is 11.2. The average molecular weight is 279 g/mol. The van der Waals surface area contributed by atoms with E-state index in [2.05, 4.69) is 5.10 Å². The fraction of sp³-hybridized carbons (Fsp3) is 0.308. The molecule has 0 saturated carbocycles. The SMILES string of the molecule is Cc1ccccc1-c1cc(N)n(CCS(C)(=O)=O)n1. The lowest BCUT2D eigenvalue weighted by atomic mass is 10.1. The van der Waals surface area contributed by atoms with Gasteiger partial charge in [0.05, 0.1) is 18.0 Å². The molecule has 0 bridgehead atoms. The average Bonchev–Trinajstić information content (AvgIpc) is 2.68. The number of hydrogen-bond donors (Lipinski definition) is 1. The Morgan fingerprint density at radius 2 is 2.00 bits per heavy atom. The predicted molar refractivity (Wildman–Crippen MR) is 76.5 cm³/mol. The molecule has 0 spiro atoms. The molecule has 0 radical (unpaired) electrons. The molecule has 2 aromatic rings. The number of nitrogens with zero attached hydrogens (tertiary/aromatic N) is 2. The van der Waals surface area contributed by atoms with Crippen LogP contribution in [0.2, 0.25) is 0 Å². The highest BCUT2D eigenvalue weighted by molar-refractivity contribution is 7.90. The van der Waals surface area contributed by atoms with E-state index in [4.69, 9.17) is 5.73 Å². The number of anilines is 1. The maximum atomic E-state index is 11.2. The summed E-state index contributed by atoms with van der Waals surface area (Å²) in [5, 5.41) is 4.37. The highest BCUT2D eigenvalue weighted by Gasteiger charge is 2.10. The molecule has 0 amide bonds. The van der Waals surface area contributed by atoms with Gasteiger partial charge in [-0.1, -0.05) is 24.3 Å². The van der Waals surface area contributed by atoms with Crippen LogP contribution in [-0.2, 0) is 16.4 Å². The lowest BCUT2D eigenvalue weighted by molar-refractivity contribution is 0.588. The van der Waals surface area contributed by atoms with E-state index in [1.165, 1.54) is 10.9 Å². The van der Waals surface area contributed by atoms with Gasteiger partial charge in [-0.2, -0.15) is 5.10 Å². The Hall–Kier alpha value is -1.82. The van der Waals surface area contributed by atoms with Crippen molar-refractivity contribution in [1.82, 2.24) is 9.78 Å². The van der Waals surface area contributed by atoms with Gasteiger partial charge in [0.2, 0.25) is 0 Å². The van der Waals surface area contributed by atoms with Crippen LogP contribution in [0.4, 0.5) is 5.82 Å². The summed E-state index contributed by atoms with van der Waals surface area (Å²) >= 11 is 0. The van der Waals surface area contributed by atoms with E-state index in [1.807, 2.05) is 31.2 Å². The van der Waals surface area contributed by atoms with E-state index in [0.29, 0.717) is 5.82 Å². The zero-order chi connectivity index (χ0) is 14.0. The van der Waals surface area contributed by atoms with Crippen molar-refractivity contribution in [2.45, 2.75) is 13.5 Å². The Labute approximate surface area is 113 Å². The van der Waals surface area contributed by atoms with Gasteiger partial charge < -0.3 is 5.73 Å². The van der Waals surface area contributed by atoms with Crippen LogP contribution in [0.3, 0.4) is 0 Å². The zero-order valence-electron chi connectivity index (χ0n) is 11.0. The molecule has 1 heterocycles. The van der Waals surface area contributed by atoms with Crippen molar-refractivity contribution in [2.24, 2.45) is 0 Å². The summed E-state index contributed by atoms with van der Waals surface area (Å²) in [6, 6.07) is 9.64. The van der Waals surface area contributed by atoms with Crippen molar-refractivity contribution in [3.8, 4) is 11.3 Å². The van der Waals surface area contributed by atoms with Crippen LogP contribution in [0, 0.1) is 6.92 Å². The molecule has 0 unspecified atom stereocenters. The summed E-state index contributed by atoms with van der Waals surface area (Å²) < 4.78 is 23.9. The van der Waals surface area contributed by atoms with Crippen LogP contribution in [0.1, 0.15) is 5.56 Å². The van der Waals surface area contributed by atoms with E-state index in [0.717, 1.165) is 16.8 Å². The quantitative estimate of drug-likeness (QED) is 0.919. The fourth-order valence-corrected chi connectivity index (χ4v) is 2.36. The molecule has 6 heteroatoms. The van der Waals surface area contributed by atoms with Crippen LogP contribution in [0.25, 0.3) is 11.3 Å². The van der Waals surface area contributed by atoms with Crippen molar-refractivity contribution in [1.29, 1.82) is 0 Å². The Morgan fingerprint density at radius 3 is 2.63 bits per heavy atom. The highest BCUT2D eigenvalue weighted by atomic mass is 32.2. The second-order valence-electron chi connectivity index (χ2n) is 4.62. The molecule has 5 nitrogen and oxygen atoms in total. The van der Waals surface area contributed by atoms with Crippen LogP contribution in [-0.4, -0.2) is 30.2 Å². The van der Waals surface area contributed by atoms with Crippen LogP contribution >= 0.6 is 0 Å². The number of rotatable bonds is 4. The Morgan fingerprint density at radius 1 is 1.32 bits per heavy atom. The lowest BCUT2D eigenvalue weighted by Crippen LogP contribution is -2.13. The monoisotopic (exact) mass is 279 g/mol. The summed E-state index contributed by atoms with van der Waals surface area (Å²) in [5.41, 5.74) is 8.74. The van der Waals surface area contributed by atoms with E-state index in [-0.39, 0.29) is 12.3 Å². The molecule has 102 valence electrons. The van der Waals surface area contributed by atoms with Crippen molar-refractivity contribution >= 4 is 15.7 Å². The molecule has 0 aliphatic carbocycles. The molecule has 0 saturated heterocycles. The second kappa shape index (κ2) is 5.05. The molecule has 0 fully saturated rings. The predicted octanol–water partition coefficient (Wildman–Crippen LogP) is 1.49. The van der Waals surface area contributed by atoms with Gasteiger partial charge in [0, 0.05) is 17.9 Å². The van der Waals surface area contributed by atoms with E-state index in [9.17, 15) is 8.42 Å². The smallest absolute Gasteiger partial charge is 0.149 e. The largest absolute Gasteiger partial charge is 0.384 e. The Kier molecular flexibility index (Phi) is 3.61. The van der Waals surface area contributed by atoms with E-state index < -0.39 is 9.84 Å². The number of aryl methyl sites for hydroxylation is 2. The molecule has 2 rings (SSSR count). The Bertz CT molecular complexity index is 690. The van der Waals surface area contributed by atoms with Gasteiger partial charge in [0.1, 0.15) is 15.7 Å². The van der Waals surface area contributed by atoms with E-state index in [1.54, 1.807) is 6.07 Å². The highest BCUT2D eigenvalue weighted by Crippen LogP contribution is 2.23. The minimum Gasteiger partial charge on any atom is -0.384 e. The molecule has 0 atom stereocenters. The lowest BCUT2D eigenvalue weighted by Gasteiger charge is -2.03. The molecule has 0 aliphatic rings. The fourth-order valence-electron chi connectivity index (χ4n) is 1.85. The molecule has 1 aromatic carbocycles. The van der Waals surface area contributed by atoms with Crippen LogP contribution in [0.5, 0.6) is 0 Å². The number of sulfone groups is 1. The van der Waals surface area contributed by atoms with Crippen molar-refractivity contribution in [2.75, 3.05) is 17.7 Å². The van der Waals surface area contributed by atoms with Crippen molar-refractivity contribution < 1.29 is 8.42 Å². The minimum atomic E-state index is -3.02. The van der Waals surface area contributed by atoms with Gasteiger partial charge in [-0.15, -0.1) is 0 Å². The van der Waals surface area contributed by atoms with Crippen molar-refractivity contribution in [3.05, 3.63) is 35.9 Å². The summed E-state index contributed by atoms with van der Waals surface area (Å²) in [5.74, 6) is 0.508. The third-order valence-corrected chi connectivity index (χ3v) is 3.83. The van der Waals surface area contributed by atoms with Gasteiger partial charge in [-0.25, -0.2) is 13.1 Å². The van der Waals surface area contributed by atoms with Gasteiger partial charge >= 0.3 is 0 Å². The number of aromatic nitrogens is 2. The number of nitrogens with two attached hydrogens (primary N) is 1. The molecule has 0 aliphatic heterocycles. The number of nitrogen functional groups attached to an aromatic ring is 1. The molecular formula is C13H17N3O2S. The summed E-state index contributed by atoms with van der Waals surface area (Å²) in [6.45, 7) is 2.28. The first kappa shape index (κ1) is 13.6. The van der Waals surface area contributed by atoms with Gasteiger partial charge in [-0.3, -0.25) is 0 Å². The summed E-state index contributed by atoms with van der Waals surface area (Å²) in [4.78, 5) is 0. The van der Waals surface area contributed by atoms with Crippen LogP contribution < -0.4 is 5.73 Å². The standard InChI is InChI=1S/C13H17N3O2S/c1-10-5-3-4-6-11(10)12-9-13(14)16(15-12)7-8-19(2,17)18/h3-6,9H,7-8,14H2,1-2H3.